The first-order chi connectivity index (χ1) is 14.8. The van der Waals surface area contributed by atoms with Crippen molar-refractivity contribution in [2.24, 2.45) is 0 Å². The summed E-state index contributed by atoms with van der Waals surface area (Å²) in [6.45, 7) is 7.24. The van der Waals surface area contributed by atoms with Crippen LogP contribution in [0.15, 0.2) is 78.9 Å². The van der Waals surface area contributed by atoms with Crippen LogP contribution in [0.1, 0.15) is 43.0 Å². The second-order valence-corrected chi connectivity index (χ2v) is 8.81. The van der Waals surface area contributed by atoms with E-state index in [1.165, 1.54) is 11.6 Å². The fourth-order valence-electron chi connectivity index (χ4n) is 2.89. The number of hydrogen-bond donors (Lipinski definition) is 0. The molecule has 0 saturated carbocycles. The molecule has 0 spiro atoms. The molecule has 0 unspecified atom stereocenters. The van der Waals surface area contributed by atoms with Crippen molar-refractivity contribution < 1.29 is 14.3 Å². The zero-order chi connectivity index (χ0) is 22.3. The molecule has 160 valence electrons. The summed E-state index contributed by atoms with van der Waals surface area (Å²) in [6.07, 6.45) is 3.17. The van der Waals surface area contributed by atoms with E-state index in [9.17, 15) is 4.79 Å². The van der Waals surface area contributed by atoms with Crippen LogP contribution < -0.4 is 4.74 Å². The summed E-state index contributed by atoms with van der Waals surface area (Å²) in [5.41, 5.74) is 4.27. The van der Waals surface area contributed by atoms with Crippen LogP contribution in [0.4, 0.5) is 0 Å². The largest absolute Gasteiger partial charge is 0.489 e. The van der Waals surface area contributed by atoms with Gasteiger partial charge < -0.3 is 9.47 Å². The minimum absolute atomic E-state index is 0.106. The van der Waals surface area contributed by atoms with E-state index in [1.54, 1.807) is 6.08 Å². The summed E-state index contributed by atoms with van der Waals surface area (Å²) in [4.78, 5) is 12.0. The Balaban J connectivity index is 1.46. The molecule has 0 heterocycles. The van der Waals surface area contributed by atoms with Crippen LogP contribution in [-0.4, -0.2) is 5.97 Å². The summed E-state index contributed by atoms with van der Waals surface area (Å²) in [7, 11) is 0. The lowest BCUT2D eigenvalue weighted by molar-refractivity contribution is -0.138. The first-order valence-electron chi connectivity index (χ1n) is 10.2. The Morgan fingerprint density at radius 1 is 0.839 bits per heavy atom. The van der Waals surface area contributed by atoms with Gasteiger partial charge in [-0.2, -0.15) is 0 Å². The quantitative estimate of drug-likeness (QED) is 0.297. The fraction of sp³-hybridized carbons (Fsp3) is 0.222. The van der Waals surface area contributed by atoms with Crippen molar-refractivity contribution >= 4 is 23.6 Å². The minimum atomic E-state index is -0.372. The SMILES string of the molecule is CC(C)(C)c1ccc(COC(=O)C=Cc2ccc(OCc3ccc(Cl)cc3)cc2)cc1. The van der Waals surface area contributed by atoms with Gasteiger partial charge in [0.25, 0.3) is 0 Å². The lowest BCUT2D eigenvalue weighted by Crippen LogP contribution is -2.10. The molecule has 0 aliphatic heterocycles. The number of benzene rings is 3. The maximum Gasteiger partial charge on any atom is 0.331 e. The molecule has 31 heavy (non-hydrogen) atoms. The van der Waals surface area contributed by atoms with E-state index in [4.69, 9.17) is 21.1 Å². The van der Waals surface area contributed by atoms with Crippen LogP contribution in [0, 0.1) is 0 Å². The smallest absolute Gasteiger partial charge is 0.331 e. The third kappa shape index (κ3) is 7.30. The van der Waals surface area contributed by atoms with E-state index in [2.05, 4.69) is 32.9 Å². The first kappa shape index (κ1) is 22.6. The Morgan fingerprint density at radius 2 is 1.42 bits per heavy atom. The third-order valence-electron chi connectivity index (χ3n) is 4.81. The Labute approximate surface area is 189 Å². The lowest BCUT2D eigenvalue weighted by atomic mass is 9.87. The predicted molar refractivity (Wildman–Crippen MR) is 126 cm³/mol. The number of rotatable bonds is 7. The van der Waals surface area contributed by atoms with Crippen molar-refractivity contribution in [3.05, 3.63) is 106 Å². The summed E-state index contributed by atoms with van der Waals surface area (Å²) >= 11 is 5.89. The van der Waals surface area contributed by atoms with Gasteiger partial charge >= 0.3 is 5.97 Å². The molecule has 3 aromatic carbocycles. The molecule has 4 heteroatoms. The molecule has 3 rings (SSSR count). The molecule has 3 nitrogen and oxygen atoms in total. The van der Waals surface area contributed by atoms with Crippen molar-refractivity contribution in [2.45, 2.75) is 39.4 Å². The maximum absolute atomic E-state index is 12.0. The molecule has 0 atom stereocenters. The van der Waals surface area contributed by atoms with Crippen molar-refractivity contribution in [1.29, 1.82) is 0 Å². The highest BCUT2D eigenvalue weighted by Gasteiger charge is 2.12. The van der Waals surface area contributed by atoms with Crippen LogP contribution in [0.3, 0.4) is 0 Å². The lowest BCUT2D eigenvalue weighted by Gasteiger charge is -2.19. The third-order valence-corrected chi connectivity index (χ3v) is 5.06. The van der Waals surface area contributed by atoms with Crippen LogP contribution in [-0.2, 0) is 28.2 Å². The summed E-state index contributed by atoms with van der Waals surface area (Å²) in [6, 6.07) is 23.2. The van der Waals surface area contributed by atoms with Crippen LogP contribution in [0.2, 0.25) is 5.02 Å². The molecule has 0 aliphatic carbocycles. The van der Waals surface area contributed by atoms with Gasteiger partial charge in [-0.15, -0.1) is 0 Å². The van der Waals surface area contributed by atoms with E-state index in [1.807, 2.05) is 60.7 Å². The second kappa shape index (κ2) is 10.3. The van der Waals surface area contributed by atoms with Crippen LogP contribution >= 0.6 is 11.6 Å². The van der Waals surface area contributed by atoms with Gasteiger partial charge in [-0.25, -0.2) is 4.79 Å². The van der Waals surface area contributed by atoms with Crippen molar-refractivity contribution in [3.63, 3.8) is 0 Å². The Bertz CT molecular complexity index is 1010. The molecule has 0 saturated heterocycles. The van der Waals surface area contributed by atoms with E-state index in [0.29, 0.717) is 11.6 Å². The normalized spacial score (nSPS) is 11.5. The Kier molecular flexibility index (Phi) is 7.54. The second-order valence-electron chi connectivity index (χ2n) is 8.37. The standard InChI is InChI=1S/C27H27ClO3/c1-27(2,3)23-11-4-21(5-12-23)19-31-26(29)17-10-20-8-15-25(16-9-20)30-18-22-6-13-24(28)14-7-22/h4-17H,18-19H2,1-3H3. The van der Waals surface area contributed by atoms with Gasteiger partial charge in [0.05, 0.1) is 0 Å². The molecule has 0 aromatic heterocycles. The van der Waals surface area contributed by atoms with Gasteiger partial charge in [-0.05, 0) is 58.0 Å². The number of hydrogen-bond acceptors (Lipinski definition) is 3. The Hall–Kier alpha value is -3.04. The number of carbonyl (C=O) groups excluding carboxylic acids is 1. The van der Waals surface area contributed by atoms with Gasteiger partial charge in [0.15, 0.2) is 0 Å². The predicted octanol–water partition coefficient (Wildman–Crippen LogP) is 6.97. The minimum Gasteiger partial charge on any atom is -0.489 e. The van der Waals surface area contributed by atoms with Gasteiger partial charge in [0.1, 0.15) is 19.0 Å². The highest BCUT2D eigenvalue weighted by molar-refractivity contribution is 6.30. The zero-order valence-corrected chi connectivity index (χ0v) is 18.9. The molecule has 0 aliphatic rings. The van der Waals surface area contributed by atoms with Crippen LogP contribution in [0.5, 0.6) is 5.75 Å². The molecular weight excluding hydrogens is 408 g/mol. The van der Waals surface area contributed by atoms with Gasteiger partial charge in [-0.3, -0.25) is 0 Å². The Morgan fingerprint density at radius 3 is 2.03 bits per heavy atom. The average Bonchev–Trinajstić information content (AvgIpc) is 2.76. The van der Waals surface area contributed by atoms with Crippen molar-refractivity contribution in [2.75, 3.05) is 0 Å². The highest BCUT2D eigenvalue weighted by atomic mass is 35.5. The highest BCUT2D eigenvalue weighted by Crippen LogP contribution is 2.22. The van der Waals surface area contributed by atoms with Crippen LogP contribution in [0.25, 0.3) is 6.08 Å². The number of halogens is 1. The van der Waals surface area contributed by atoms with Crippen molar-refractivity contribution in [1.82, 2.24) is 0 Å². The summed E-state index contributed by atoms with van der Waals surface area (Å²) in [5.74, 6) is 0.386. The first-order valence-corrected chi connectivity index (χ1v) is 10.6. The molecular formula is C27H27ClO3. The van der Waals surface area contributed by atoms with E-state index >= 15 is 0 Å². The number of ether oxygens (including phenoxy) is 2. The van der Waals surface area contributed by atoms with Crippen molar-refractivity contribution in [3.8, 4) is 5.75 Å². The molecule has 3 aromatic rings. The van der Waals surface area contributed by atoms with E-state index < -0.39 is 0 Å². The van der Waals surface area contributed by atoms with Gasteiger partial charge in [0.2, 0.25) is 0 Å². The molecule has 0 N–H and O–H groups in total. The van der Waals surface area contributed by atoms with Gasteiger partial charge in [0, 0.05) is 11.1 Å². The van der Waals surface area contributed by atoms with E-state index in [0.717, 1.165) is 22.4 Å². The molecule has 0 radical (unpaired) electrons. The van der Waals surface area contributed by atoms with E-state index in [-0.39, 0.29) is 18.0 Å². The monoisotopic (exact) mass is 434 g/mol. The number of carbonyl (C=O) groups is 1. The zero-order valence-electron chi connectivity index (χ0n) is 18.1. The molecule has 0 bridgehead atoms. The van der Waals surface area contributed by atoms with Gasteiger partial charge in [-0.1, -0.05) is 80.9 Å². The summed E-state index contributed by atoms with van der Waals surface area (Å²) < 4.78 is 11.1. The summed E-state index contributed by atoms with van der Waals surface area (Å²) in [5, 5.41) is 0.705. The molecule has 0 fully saturated rings. The fourth-order valence-corrected chi connectivity index (χ4v) is 3.02. The molecule has 0 amide bonds. The average molecular weight is 435 g/mol. The topological polar surface area (TPSA) is 35.5 Å². The number of esters is 1. The maximum atomic E-state index is 12.0.